The SMILES string of the molecule is NC(CC=O)CC(=O)c1ccccc1. The van der Waals surface area contributed by atoms with Crippen molar-refractivity contribution < 1.29 is 9.59 Å². The highest BCUT2D eigenvalue weighted by molar-refractivity contribution is 5.96. The highest BCUT2D eigenvalue weighted by Gasteiger charge is 2.10. The normalized spacial score (nSPS) is 12.1. The van der Waals surface area contributed by atoms with Gasteiger partial charge in [-0.2, -0.15) is 0 Å². The summed E-state index contributed by atoms with van der Waals surface area (Å²) in [5.74, 6) is -0.0139. The molecule has 0 aliphatic carbocycles. The van der Waals surface area contributed by atoms with E-state index in [2.05, 4.69) is 0 Å². The molecule has 0 amide bonds. The number of benzene rings is 1. The van der Waals surface area contributed by atoms with Crippen molar-refractivity contribution in [1.82, 2.24) is 0 Å². The van der Waals surface area contributed by atoms with Crippen LogP contribution in [0.15, 0.2) is 30.3 Å². The zero-order valence-corrected chi connectivity index (χ0v) is 7.85. The molecule has 0 saturated carbocycles. The molecule has 1 unspecified atom stereocenters. The minimum atomic E-state index is -0.361. The lowest BCUT2D eigenvalue weighted by Crippen LogP contribution is -2.24. The lowest BCUT2D eigenvalue weighted by Gasteiger charge is -2.06. The van der Waals surface area contributed by atoms with Gasteiger partial charge in [-0.25, -0.2) is 0 Å². The van der Waals surface area contributed by atoms with E-state index in [1.54, 1.807) is 24.3 Å². The summed E-state index contributed by atoms with van der Waals surface area (Å²) in [6, 6.07) is 8.59. The molecule has 0 spiro atoms. The lowest BCUT2D eigenvalue weighted by atomic mass is 10.0. The van der Waals surface area contributed by atoms with E-state index in [0.717, 1.165) is 6.29 Å². The number of ketones is 1. The summed E-state index contributed by atoms with van der Waals surface area (Å²) in [6.07, 6.45) is 1.20. The Morgan fingerprint density at radius 2 is 2.00 bits per heavy atom. The van der Waals surface area contributed by atoms with E-state index in [0.29, 0.717) is 5.56 Å². The van der Waals surface area contributed by atoms with Crippen molar-refractivity contribution in [3.8, 4) is 0 Å². The number of hydrogen-bond donors (Lipinski definition) is 1. The largest absolute Gasteiger partial charge is 0.327 e. The summed E-state index contributed by atoms with van der Waals surface area (Å²) in [5.41, 5.74) is 6.22. The summed E-state index contributed by atoms with van der Waals surface area (Å²) < 4.78 is 0. The molecule has 0 fully saturated rings. The van der Waals surface area contributed by atoms with Gasteiger partial charge in [-0.3, -0.25) is 4.79 Å². The van der Waals surface area contributed by atoms with E-state index >= 15 is 0 Å². The van der Waals surface area contributed by atoms with Crippen molar-refractivity contribution in [2.24, 2.45) is 5.73 Å². The minimum absolute atomic E-state index is 0.0139. The maximum atomic E-state index is 11.5. The Morgan fingerprint density at radius 1 is 1.36 bits per heavy atom. The lowest BCUT2D eigenvalue weighted by molar-refractivity contribution is -0.108. The molecule has 0 radical (unpaired) electrons. The van der Waals surface area contributed by atoms with E-state index in [1.807, 2.05) is 6.07 Å². The van der Waals surface area contributed by atoms with Crippen molar-refractivity contribution in [1.29, 1.82) is 0 Å². The predicted molar refractivity (Wildman–Crippen MR) is 54.0 cm³/mol. The molecule has 0 aliphatic heterocycles. The van der Waals surface area contributed by atoms with Gasteiger partial charge >= 0.3 is 0 Å². The van der Waals surface area contributed by atoms with Crippen molar-refractivity contribution in [2.45, 2.75) is 18.9 Å². The monoisotopic (exact) mass is 191 g/mol. The van der Waals surface area contributed by atoms with Crippen LogP contribution < -0.4 is 5.73 Å². The van der Waals surface area contributed by atoms with Gasteiger partial charge in [0.05, 0.1) is 0 Å². The van der Waals surface area contributed by atoms with Gasteiger partial charge in [-0.05, 0) is 0 Å². The number of hydrogen-bond acceptors (Lipinski definition) is 3. The summed E-state index contributed by atoms with van der Waals surface area (Å²) >= 11 is 0. The quantitative estimate of drug-likeness (QED) is 0.561. The first-order valence-electron chi connectivity index (χ1n) is 4.51. The molecule has 1 rings (SSSR count). The fourth-order valence-electron chi connectivity index (χ4n) is 1.19. The molecule has 1 aromatic carbocycles. The van der Waals surface area contributed by atoms with Gasteiger partial charge in [0, 0.05) is 24.4 Å². The average molecular weight is 191 g/mol. The summed E-state index contributed by atoms with van der Waals surface area (Å²) in [7, 11) is 0. The first-order chi connectivity index (χ1) is 6.74. The van der Waals surface area contributed by atoms with Crippen LogP contribution in [0.25, 0.3) is 0 Å². The van der Waals surface area contributed by atoms with Gasteiger partial charge in [0.1, 0.15) is 6.29 Å². The fraction of sp³-hybridized carbons (Fsp3) is 0.273. The minimum Gasteiger partial charge on any atom is -0.327 e. The maximum absolute atomic E-state index is 11.5. The second-order valence-electron chi connectivity index (χ2n) is 3.16. The molecule has 1 aromatic rings. The van der Waals surface area contributed by atoms with E-state index in [-0.39, 0.29) is 24.7 Å². The second kappa shape index (κ2) is 5.29. The number of rotatable bonds is 5. The van der Waals surface area contributed by atoms with E-state index in [9.17, 15) is 9.59 Å². The summed E-state index contributed by atoms with van der Waals surface area (Å²) in [5, 5.41) is 0. The van der Waals surface area contributed by atoms with E-state index in [4.69, 9.17) is 5.73 Å². The van der Waals surface area contributed by atoms with Crippen LogP contribution in [0, 0.1) is 0 Å². The van der Waals surface area contributed by atoms with Crippen LogP contribution in [0.4, 0.5) is 0 Å². The molecule has 3 heteroatoms. The highest BCUT2D eigenvalue weighted by atomic mass is 16.1. The molecule has 0 bridgehead atoms. The molecule has 0 aliphatic rings. The van der Waals surface area contributed by atoms with E-state index in [1.165, 1.54) is 0 Å². The Morgan fingerprint density at radius 3 is 2.57 bits per heavy atom. The van der Waals surface area contributed by atoms with Crippen LogP contribution in [0.2, 0.25) is 0 Å². The second-order valence-corrected chi connectivity index (χ2v) is 3.16. The number of Topliss-reactive ketones (excluding diaryl/α,β-unsaturated/α-hetero) is 1. The van der Waals surface area contributed by atoms with Crippen LogP contribution in [0.5, 0.6) is 0 Å². The van der Waals surface area contributed by atoms with Crippen LogP contribution >= 0.6 is 0 Å². The first kappa shape index (κ1) is 10.6. The van der Waals surface area contributed by atoms with Gasteiger partial charge in [-0.1, -0.05) is 30.3 Å². The topological polar surface area (TPSA) is 60.2 Å². The summed E-state index contributed by atoms with van der Waals surface area (Å²) in [4.78, 5) is 21.7. The average Bonchev–Trinajstić information content (AvgIpc) is 2.19. The van der Waals surface area contributed by atoms with Crippen LogP contribution in [-0.4, -0.2) is 18.1 Å². The Kier molecular flexibility index (Phi) is 4.01. The molecular weight excluding hydrogens is 178 g/mol. The molecule has 0 saturated heterocycles. The van der Waals surface area contributed by atoms with E-state index < -0.39 is 0 Å². The molecule has 2 N–H and O–H groups in total. The third-order valence-electron chi connectivity index (χ3n) is 1.94. The van der Waals surface area contributed by atoms with Crippen molar-refractivity contribution in [3.05, 3.63) is 35.9 Å². The third kappa shape index (κ3) is 3.11. The molecular formula is C11H13NO2. The van der Waals surface area contributed by atoms with Crippen LogP contribution in [0.3, 0.4) is 0 Å². The number of aldehydes is 1. The Bertz CT molecular complexity index is 308. The maximum Gasteiger partial charge on any atom is 0.164 e. The number of nitrogens with two attached hydrogens (primary N) is 1. The fourth-order valence-corrected chi connectivity index (χ4v) is 1.19. The number of carbonyl (C=O) groups is 2. The van der Waals surface area contributed by atoms with Crippen molar-refractivity contribution >= 4 is 12.1 Å². The molecule has 1 atom stereocenters. The van der Waals surface area contributed by atoms with Gasteiger partial charge < -0.3 is 10.5 Å². The molecule has 0 aromatic heterocycles. The zero-order valence-electron chi connectivity index (χ0n) is 7.85. The van der Waals surface area contributed by atoms with Gasteiger partial charge in [0.15, 0.2) is 5.78 Å². The third-order valence-corrected chi connectivity index (χ3v) is 1.94. The number of carbonyl (C=O) groups excluding carboxylic acids is 2. The molecule has 14 heavy (non-hydrogen) atoms. The van der Waals surface area contributed by atoms with Crippen molar-refractivity contribution in [3.63, 3.8) is 0 Å². The highest BCUT2D eigenvalue weighted by Crippen LogP contribution is 2.05. The van der Waals surface area contributed by atoms with Crippen LogP contribution in [-0.2, 0) is 4.79 Å². The molecule has 0 heterocycles. The smallest absolute Gasteiger partial charge is 0.164 e. The Labute approximate surface area is 82.9 Å². The predicted octanol–water partition coefficient (Wildman–Crippen LogP) is 1.18. The molecule has 74 valence electrons. The van der Waals surface area contributed by atoms with Gasteiger partial charge in [0.25, 0.3) is 0 Å². The molecule has 3 nitrogen and oxygen atoms in total. The van der Waals surface area contributed by atoms with Gasteiger partial charge in [0.2, 0.25) is 0 Å². The van der Waals surface area contributed by atoms with Crippen molar-refractivity contribution in [2.75, 3.05) is 0 Å². The zero-order chi connectivity index (χ0) is 10.4. The standard InChI is InChI=1S/C11H13NO2/c12-10(6-7-13)8-11(14)9-4-2-1-3-5-9/h1-5,7,10H,6,8,12H2. The summed E-state index contributed by atoms with van der Waals surface area (Å²) in [6.45, 7) is 0. The van der Waals surface area contributed by atoms with Gasteiger partial charge in [-0.15, -0.1) is 0 Å². The first-order valence-corrected chi connectivity index (χ1v) is 4.51. The van der Waals surface area contributed by atoms with Crippen LogP contribution in [0.1, 0.15) is 23.2 Å². The Balaban J connectivity index is 2.55. The Hall–Kier alpha value is -1.48.